The Kier molecular flexibility index (Phi) is 4.25. The number of rotatable bonds is 5. The lowest BCUT2D eigenvalue weighted by Gasteiger charge is -2.28. The molecule has 0 spiro atoms. The van der Waals surface area contributed by atoms with E-state index in [1.807, 2.05) is 28.5 Å². The van der Waals surface area contributed by atoms with Crippen molar-refractivity contribution in [3.05, 3.63) is 46.2 Å². The molecule has 1 aliphatic carbocycles. The van der Waals surface area contributed by atoms with E-state index in [0.717, 1.165) is 24.2 Å². The molecule has 2 heterocycles. The molecule has 1 fully saturated rings. The van der Waals surface area contributed by atoms with Gasteiger partial charge in [0.05, 0.1) is 17.4 Å². The van der Waals surface area contributed by atoms with Gasteiger partial charge in [0, 0.05) is 17.6 Å². The highest BCUT2D eigenvalue weighted by Gasteiger charge is 2.38. The second-order valence-corrected chi connectivity index (χ2v) is 6.96. The van der Waals surface area contributed by atoms with Crippen molar-refractivity contribution in [3.63, 3.8) is 0 Å². The van der Waals surface area contributed by atoms with Crippen LogP contribution in [0, 0.1) is 0 Å². The van der Waals surface area contributed by atoms with Crippen molar-refractivity contribution in [3.8, 4) is 0 Å². The summed E-state index contributed by atoms with van der Waals surface area (Å²) < 4.78 is 0. The first-order valence-corrected chi connectivity index (χ1v) is 8.65. The molecule has 0 N–H and O–H groups in total. The third kappa shape index (κ3) is 3.04. The van der Waals surface area contributed by atoms with Crippen LogP contribution in [0.25, 0.3) is 0 Å². The monoisotopic (exact) mass is 315 g/mol. The highest BCUT2D eigenvalue weighted by Crippen LogP contribution is 2.35. The van der Waals surface area contributed by atoms with Gasteiger partial charge >= 0.3 is 0 Å². The predicted octanol–water partition coefficient (Wildman–Crippen LogP) is 4.03. The number of hydrogen-bond acceptors (Lipinski definition) is 4. The maximum Gasteiger partial charge on any atom is 0.283 e. The van der Waals surface area contributed by atoms with Crippen LogP contribution in [-0.2, 0) is 0 Å². The second kappa shape index (κ2) is 6.16. The lowest BCUT2D eigenvalue weighted by atomic mass is 10.1. The van der Waals surface area contributed by atoms with Gasteiger partial charge in [-0.05, 0) is 37.8 Å². The quantitative estimate of drug-likeness (QED) is 0.837. The third-order valence-corrected chi connectivity index (χ3v) is 4.85. The van der Waals surface area contributed by atoms with E-state index >= 15 is 0 Å². The molecule has 0 bridgehead atoms. The minimum Gasteiger partial charge on any atom is -0.325 e. The van der Waals surface area contributed by atoms with Gasteiger partial charge in [-0.1, -0.05) is 19.9 Å². The van der Waals surface area contributed by atoms with Gasteiger partial charge in [-0.15, -0.1) is 11.3 Å². The zero-order chi connectivity index (χ0) is 15.7. The number of pyridine rings is 1. The van der Waals surface area contributed by atoms with Crippen LogP contribution in [0.3, 0.4) is 0 Å². The highest BCUT2D eigenvalue weighted by molar-refractivity contribution is 7.11. The summed E-state index contributed by atoms with van der Waals surface area (Å²) in [6, 6.07) is 6.15. The molecular weight excluding hydrogens is 294 g/mol. The van der Waals surface area contributed by atoms with Crippen molar-refractivity contribution in [2.75, 3.05) is 0 Å². The van der Waals surface area contributed by atoms with Crippen molar-refractivity contribution in [1.29, 1.82) is 0 Å². The summed E-state index contributed by atoms with van der Waals surface area (Å²) in [4.78, 5) is 23.8. The molecule has 0 aliphatic heterocycles. The van der Waals surface area contributed by atoms with E-state index in [2.05, 4.69) is 30.7 Å². The van der Waals surface area contributed by atoms with Crippen LogP contribution in [0.1, 0.15) is 66.8 Å². The molecule has 2 aromatic heterocycles. The number of nitrogens with zero attached hydrogens (tertiary/aromatic N) is 3. The van der Waals surface area contributed by atoms with Crippen molar-refractivity contribution in [1.82, 2.24) is 14.9 Å². The van der Waals surface area contributed by atoms with Crippen LogP contribution >= 0.6 is 11.3 Å². The number of hydrogen-bond donors (Lipinski definition) is 0. The van der Waals surface area contributed by atoms with Gasteiger partial charge in [-0.3, -0.25) is 9.78 Å². The average molecular weight is 315 g/mol. The molecule has 0 aromatic carbocycles. The van der Waals surface area contributed by atoms with Gasteiger partial charge in [0.15, 0.2) is 5.01 Å². The van der Waals surface area contributed by atoms with Gasteiger partial charge < -0.3 is 4.90 Å². The number of carbonyl (C=O) groups is 1. The molecule has 2 aromatic rings. The molecule has 3 rings (SSSR count). The fourth-order valence-corrected chi connectivity index (χ4v) is 3.46. The third-order valence-electron chi connectivity index (χ3n) is 4.00. The largest absolute Gasteiger partial charge is 0.325 e. The fourth-order valence-electron chi connectivity index (χ4n) is 2.54. The van der Waals surface area contributed by atoms with Crippen molar-refractivity contribution in [2.45, 2.75) is 51.6 Å². The smallest absolute Gasteiger partial charge is 0.283 e. The van der Waals surface area contributed by atoms with E-state index in [9.17, 15) is 4.79 Å². The van der Waals surface area contributed by atoms with Crippen LogP contribution in [0.5, 0.6) is 0 Å². The normalized spacial score (nSPS) is 15.8. The number of aromatic nitrogens is 2. The topological polar surface area (TPSA) is 46.1 Å². The number of amides is 1. The summed E-state index contributed by atoms with van der Waals surface area (Å²) in [6.07, 6.45) is 3.93. The standard InChI is InChI=1S/C17H21N3OS/c1-11(2)15-10-22-16(19-15)17(21)20(13-7-8-13)12(3)14-6-4-5-9-18-14/h4-6,9-13H,7-8H2,1-3H3. The van der Waals surface area contributed by atoms with E-state index < -0.39 is 0 Å². The zero-order valence-electron chi connectivity index (χ0n) is 13.2. The van der Waals surface area contributed by atoms with E-state index in [4.69, 9.17) is 0 Å². The number of thiazole rings is 1. The number of carbonyl (C=O) groups excluding carboxylic acids is 1. The molecule has 1 amide bonds. The maximum absolute atomic E-state index is 12.9. The molecule has 0 saturated heterocycles. The van der Waals surface area contributed by atoms with Crippen molar-refractivity contribution >= 4 is 17.2 Å². The SMILES string of the molecule is CC(C)c1csc(C(=O)N(C2CC2)C(C)c2ccccn2)n1. The second-order valence-electron chi connectivity index (χ2n) is 6.11. The summed E-state index contributed by atoms with van der Waals surface area (Å²) in [5.74, 6) is 0.387. The molecule has 116 valence electrons. The van der Waals surface area contributed by atoms with Gasteiger partial charge in [-0.25, -0.2) is 4.98 Å². The zero-order valence-corrected chi connectivity index (χ0v) is 14.0. The first-order chi connectivity index (χ1) is 10.6. The van der Waals surface area contributed by atoms with Crippen LogP contribution < -0.4 is 0 Å². The van der Waals surface area contributed by atoms with Crippen LogP contribution in [0.4, 0.5) is 0 Å². The Morgan fingerprint density at radius 2 is 2.05 bits per heavy atom. The molecule has 22 heavy (non-hydrogen) atoms. The van der Waals surface area contributed by atoms with Crippen LogP contribution in [-0.4, -0.2) is 26.8 Å². The van der Waals surface area contributed by atoms with E-state index in [1.54, 1.807) is 6.20 Å². The Morgan fingerprint density at radius 1 is 1.27 bits per heavy atom. The van der Waals surface area contributed by atoms with E-state index in [0.29, 0.717) is 17.0 Å². The molecule has 5 heteroatoms. The Bertz CT molecular complexity index is 649. The van der Waals surface area contributed by atoms with E-state index in [1.165, 1.54) is 11.3 Å². The van der Waals surface area contributed by atoms with Gasteiger partial charge in [0.25, 0.3) is 5.91 Å². The first kappa shape index (κ1) is 15.2. The molecule has 4 nitrogen and oxygen atoms in total. The molecule has 1 atom stereocenters. The maximum atomic E-state index is 12.9. The minimum absolute atomic E-state index is 0.0207. The molecule has 1 aliphatic rings. The minimum atomic E-state index is -0.0207. The average Bonchev–Trinajstić information content (AvgIpc) is 3.22. The summed E-state index contributed by atoms with van der Waals surface area (Å²) in [6.45, 7) is 6.24. The highest BCUT2D eigenvalue weighted by atomic mass is 32.1. The Hall–Kier alpha value is -1.75. The summed E-state index contributed by atoms with van der Waals surface area (Å²) in [7, 11) is 0. The Balaban J connectivity index is 1.85. The fraction of sp³-hybridized carbons (Fsp3) is 0.471. The molecule has 1 saturated carbocycles. The molecular formula is C17H21N3OS. The van der Waals surface area contributed by atoms with Crippen molar-refractivity contribution in [2.24, 2.45) is 0 Å². The van der Waals surface area contributed by atoms with Crippen LogP contribution in [0.15, 0.2) is 29.8 Å². The van der Waals surface area contributed by atoms with Gasteiger partial charge in [-0.2, -0.15) is 0 Å². The lowest BCUT2D eigenvalue weighted by Crippen LogP contribution is -2.35. The summed E-state index contributed by atoms with van der Waals surface area (Å²) in [5.41, 5.74) is 1.93. The first-order valence-electron chi connectivity index (χ1n) is 7.77. The summed E-state index contributed by atoms with van der Waals surface area (Å²) in [5, 5.41) is 2.59. The Labute approximate surface area is 135 Å². The molecule has 0 radical (unpaired) electrons. The van der Waals surface area contributed by atoms with E-state index in [-0.39, 0.29) is 11.9 Å². The van der Waals surface area contributed by atoms with Gasteiger partial charge in [0.2, 0.25) is 0 Å². The predicted molar refractivity (Wildman–Crippen MR) is 88.0 cm³/mol. The summed E-state index contributed by atoms with van der Waals surface area (Å²) >= 11 is 1.45. The van der Waals surface area contributed by atoms with Gasteiger partial charge in [0.1, 0.15) is 0 Å². The van der Waals surface area contributed by atoms with Crippen LogP contribution in [0.2, 0.25) is 0 Å². The lowest BCUT2D eigenvalue weighted by molar-refractivity contribution is 0.0669. The molecule has 1 unspecified atom stereocenters. The Morgan fingerprint density at radius 3 is 2.59 bits per heavy atom. The van der Waals surface area contributed by atoms with Crippen molar-refractivity contribution < 1.29 is 4.79 Å².